The summed E-state index contributed by atoms with van der Waals surface area (Å²) in [5, 5.41) is 0. The second kappa shape index (κ2) is 6.85. The summed E-state index contributed by atoms with van der Waals surface area (Å²) in [4.78, 5) is 26.2. The number of hydrogen-bond acceptors (Lipinski definition) is 3. The zero-order valence-corrected chi connectivity index (χ0v) is 17.1. The Hall–Kier alpha value is -1.38. The smallest absolute Gasteiger partial charge is 0.420 e. The van der Waals surface area contributed by atoms with Crippen molar-refractivity contribution in [2.75, 3.05) is 25.6 Å². The van der Waals surface area contributed by atoms with Crippen molar-refractivity contribution in [3.8, 4) is 5.75 Å². The molecule has 11 heteroatoms. The molecule has 1 aromatic rings. The highest BCUT2D eigenvalue weighted by molar-refractivity contribution is 6.62. The van der Waals surface area contributed by atoms with Gasteiger partial charge < -0.3 is 14.5 Å². The fourth-order valence-electron chi connectivity index (χ4n) is 3.28. The summed E-state index contributed by atoms with van der Waals surface area (Å²) in [5.41, 5.74) is -0.919. The second-order valence-corrected chi connectivity index (χ2v) is 8.90. The molecule has 154 valence electrons. The van der Waals surface area contributed by atoms with E-state index in [-0.39, 0.29) is 30.8 Å². The number of carbonyl (C=O) groups excluding carboxylic acids is 2. The zero-order chi connectivity index (χ0) is 21.1. The van der Waals surface area contributed by atoms with Crippen molar-refractivity contribution in [1.29, 1.82) is 0 Å². The Morgan fingerprint density at radius 1 is 1.32 bits per heavy atom. The maximum absolute atomic E-state index is 13.2. The zero-order valence-electron chi connectivity index (χ0n) is 14.8. The van der Waals surface area contributed by atoms with Crippen LogP contribution >= 0.6 is 34.8 Å². The molecule has 1 aliphatic heterocycles. The van der Waals surface area contributed by atoms with Crippen LogP contribution in [0.25, 0.3) is 0 Å². The second-order valence-electron chi connectivity index (χ2n) is 6.78. The van der Waals surface area contributed by atoms with Crippen LogP contribution in [0, 0.1) is 0 Å². The summed E-state index contributed by atoms with van der Waals surface area (Å²) in [6.45, 7) is 0.146. The molecular weight excluding hydrogens is 444 g/mol. The number of halogens is 6. The first-order chi connectivity index (χ1) is 12.8. The minimum atomic E-state index is -4.64. The van der Waals surface area contributed by atoms with Crippen molar-refractivity contribution >= 4 is 52.3 Å². The van der Waals surface area contributed by atoms with Gasteiger partial charge in [-0.2, -0.15) is 13.2 Å². The maximum atomic E-state index is 13.2. The van der Waals surface area contributed by atoms with Gasteiger partial charge in [0.25, 0.3) is 0 Å². The summed E-state index contributed by atoms with van der Waals surface area (Å²) in [5.74, 6) is -1.44. The number of anilines is 1. The first-order valence-electron chi connectivity index (χ1n) is 8.24. The molecule has 1 saturated carbocycles. The van der Waals surface area contributed by atoms with Gasteiger partial charge in [-0.15, -0.1) is 11.6 Å². The summed E-state index contributed by atoms with van der Waals surface area (Å²) in [7, 11) is 2.53. The molecule has 5 nitrogen and oxygen atoms in total. The number of hydrogen-bond donors (Lipinski definition) is 0. The molecule has 0 bridgehead atoms. The van der Waals surface area contributed by atoms with E-state index in [1.165, 1.54) is 18.0 Å². The van der Waals surface area contributed by atoms with Crippen LogP contribution in [0.1, 0.15) is 18.4 Å². The van der Waals surface area contributed by atoms with Crippen LogP contribution in [-0.4, -0.2) is 52.7 Å². The van der Waals surface area contributed by atoms with E-state index in [1.807, 2.05) is 0 Å². The summed E-state index contributed by atoms with van der Waals surface area (Å²) in [6.07, 6.45) is -4.36. The molecule has 0 radical (unpaired) electrons. The van der Waals surface area contributed by atoms with Crippen molar-refractivity contribution < 1.29 is 27.5 Å². The number of amides is 2. The number of nitrogens with zero attached hydrogens (tertiary/aromatic N) is 2. The Balaban J connectivity index is 1.82. The lowest BCUT2D eigenvalue weighted by atomic mass is 10.1. The quantitative estimate of drug-likeness (QED) is 0.643. The predicted molar refractivity (Wildman–Crippen MR) is 99.2 cm³/mol. The van der Waals surface area contributed by atoms with Crippen LogP contribution in [0.15, 0.2) is 18.2 Å². The van der Waals surface area contributed by atoms with Gasteiger partial charge in [-0.05, 0) is 24.6 Å². The number of methoxy groups -OCH3 is 1. The lowest BCUT2D eigenvalue weighted by Gasteiger charge is -2.26. The molecule has 2 atom stereocenters. The lowest BCUT2D eigenvalue weighted by molar-refractivity contribution is -0.138. The minimum absolute atomic E-state index is 0.0475. The Bertz CT molecular complexity index is 834. The fraction of sp³-hybridized carbons (Fsp3) is 0.529. The molecule has 2 unspecified atom stereocenters. The van der Waals surface area contributed by atoms with Crippen LogP contribution in [0.2, 0.25) is 0 Å². The van der Waals surface area contributed by atoms with Gasteiger partial charge in [-0.25, -0.2) is 0 Å². The molecular formula is C17H16Cl3F3N2O3. The first kappa shape index (κ1) is 21.3. The maximum Gasteiger partial charge on any atom is 0.420 e. The third-order valence-electron chi connectivity index (χ3n) is 5.02. The summed E-state index contributed by atoms with van der Waals surface area (Å²) in [6, 6.07) is 2.50. The fourth-order valence-corrected chi connectivity index (χ4v) is 4.31. The van der Waals surface area contributed by atoms with Gasteiger partial charge in [0.1, 0.15) is 16.1 Å². The van der Waals surface area contributed by atoms with E-state index >= 15 is 0 Å². The number of likely N-dealkylation sites (N-methyl/N-ethyl adjacent to an activating group) is 1. The SMILES string of the molecule is COc1ccc(N2CCC(N(C)C(=O)C3(Cl)CC3(Cl)Cl)C2=O)cc1C(F)(F)F. The van der Waals surface area contributed by atoms with E-state index in [9.17, 15) is 22.8 Å². The molecule has 28 heavy (non-hydrogen) atoms. The van der Waals surface area contributed by atoms with Gasteiger partial charge in [0.15, 0.2) is 4.87 Å². The van der Waals surface area contributed by atoms with Crippen molar-refractivity contribution in [2.45, 2.75) is 34.3 Å². The predicted octanol–water partition coefficient (Wildman–Crippen LogP) is 3.83. The summed E-state index contributed by atoms with van der Waals surface area (Å²) < 4.78 is 43.1. The molecule has 2 aliphatic rings. The topological polar surface area (TPSA) is 49.9 Å². The molecule has 1 saturated heterocycles. The van der Waals surface area contributed by atoms with Gasteiger partial charge in [0.05, 0.1) is 12.7 Å². The van der Waals surface area contributed by atoms with Crippen molar-refractivity contribution in [3.63, 3.8) is 0 Å². The average Bonchev–Trinajstić information content (AvgIpc) is 2.94. The van der Waals surface area contributed by atoms with Gasteiger partial charge in [0.2, 0.25) is 11.8 Å². The molecule has 1 aliphatic carbocycles. The number of alkyl halides is 6. The van der Waals surface area contributed by atoms with Gasteiger partial charge >= 0.3 is 6.18 Å². The molecule has 0 spiro atoms. The Labute approximate surface area is 174 Å². The van der Waals surface area contributed by atoms with E-state index in [2.05, 4.69) is 0 Å². The van der Waals surface area contributed by atoms with Crippen molar-refractivity contribution in [3.05, 3.63) is 23.8 Å². The Morgan fingerprint density at radius 2 is 1.93 bits per heavy atom. The third-order valence-corrected chi connectivity index (χ3v) is 6.75. The molecule has 3 rings (SSSR count). The van der Waals surface area contributed by atoms with Gasteiger partial charge in [0, 0.05) is 25.7 Å². The normalized spacial score (nSPS) is 26.4. The highest BCUT2D eigenvalue weighted by atomic mass is 35.5. The Kier molecular flexibility index (Phi) is 5.22. The minimum Gasteiger partial charge on any atom is -0.496 e. The van der Waals surface area contributed by atoms with Crippen LogP contribution in [-0.2, 0) is 15.8 Å². The molecule has 0 N–H and O–H groups in total. The lowest BCUT2D eigenvalue weighted by Crippen LogP contribution is -2.47. The molecule has 1 heterocycles. The number of ether oxygens (including phenoxy) is 1. The van der Waals surface area contributed by atoms with Crippen LogP contribution < -0.4 is 9.64 Å². The van der Waals surface area contributed by atoms with Crippen LogP contribution in [0.4, 0.5) is 18.9 Å². The van der Waals surface area contributed by atoms with E-state index in [0.717, 1.165) is 24.1 Å². The van der Waals surface area contributed by atoms with Crippen molar-refractivity contribution in [1.82, 2.24) is 4.90 Å². The number of benzene rings is 1. The van der Waals surface area contributed by atoms with E-state index in [0.29, 0.717) is 0 Å². The van der Waals surface area contributed by atoms with E-state index in [4.69, 9.17) is 39.5 Å². The summed E-state index contributed by atoms with van der Waals surface area (Å²) >= 11 is 18.0. The largest absolute Gasteiger partial charge is 0.496 e. The highest BCUT2D eigenvalue weighted by Gasteiger charge is 2.72. The van der Waals surface area contributed by atoms with Gasteiger partial charge in [-0.3, -0.25) is 9.59 Å². The van der Waals surface area contributed by atoms with Crippen molar-refractivity contribution in [2.24, 2.45) is 0 Å². The third kappa shape index (κ3) is 3.39. The molecule has 2 amide bonds. The molecule has 0 aromatic heterocycles. The molecule has 1 aromatic carbocycles. The van der Waals surface area contributed by atoms with E-state index < -0.39 is 38.8 Å². The van der Waals surface area contributed by atoms with E-state index in [1.54, 1.807) is 0 Å². The van der Waals surface area contributed by atoms with Gasteiger partial charge in [-0.1, -0.05) is 23.2 Å². The first-order valence-corrected chi connectivity index (χ1v) is 9.37. The Morgan fingerprint density at radius 3 is 2.43 bits per heavy atom. The monoisotopic (exact) mass is 458 g/mol. The number of rotatable bonds is 4. The van der Waals surface area contributed by atoms with Crippen LogP contribution in [0.3, 0.4) is 0 Å². The number of carbonyl (C=O) groups is 2. The standard InChI is InChI=1S/C17H16Cl3F3N2O3/c1-24(14(27)15(18)8-16(15,19)20)11-5-6-25(13(11)26)9-3-4-12(28-2)10(7-9)17(21,22)23/h3-4,7,11H,5-6,8H2,1-2H3. The average molecular weight is 460 g/mol. The molecule has 2 fully saturated rings. The van der Waals surface area contributed by atoms with Crippen LogP contribution in [0.5, 0.6) is 5.75 Å². The highest BCUT2D eigenvalue weighted by Crippen LogP contribution is 2.62.